The molecule has 4 saturated heterocycles. The molecule has 2 bridgehead atoms. The minimum Gasteiger partial charge on any atom is -0.480 e. The quantitative estimate of drug-likeness (QED) is 0.307. The molecule has 45 heavy (non-hydrogen) atoms. The van der Waals surface area contributed by atoms with Gasteiger partial charge in [0.25, 0.3) is 0 Å². The lowest BCUT2D eigenvalue weighted by Gasteiger charge is -2.34. The number of piperazine rings is 1. The van der Waals surface area contributed by atoms with E-state index in [-0.39, 0.29) is 80.2 Å². The van der Waals surface area contributed by atoms with Gasteiger partial charge in [0.15, 0.2) is 11.6 Å². The number of anilines is 2. The van der Waals surface area contributed by atoms with Gasteiger partial charge >= 0.3 is 6.01 Å². The van der Waals surface area contributed by atoms with Gasteiger partial charge in [0.2, 0.25) is 11.8 Å². The summed E-state index contributed by atoms with van der Waals surface area (Å²) in [4.78, 5) is 18.4. The zero-order chi connectivity index (χ0) is 31.0. The highest BCUT2D eigenvalue weighted by atomic mass is 35.5. The first kappa shape index (κ1) is 28.5. The van der Waals surface area contributed by atoms with Crippen molar-refractivity contribution < 1.29 is 22.7 Å². The molecule has 234 valence electrons. The van der Waals surface area contributed by atoms with Crippen molar-refractivity contribution in [1.29, 1.82) is 5.26 Å². The molecule has 4 fully saturated rings. The minimum atomic E-state index is -0.917. The summed E-state index contributed by atoms with van der Waals surface area (Å²) in [6, 6.07) is 5.61. The monoisotopic (exact) mass is 636 g/mol. The topological polar surface area (TPSA) is 139 Å². The van der Waals surface area contributed by atoms with Crippen LogP contribution in [0.3, 0.4) is 0 Å². The van der Waals surface area contributed by atoms with Crippen LogP contribution in [0.15, 0.2) is 16.5 Å². The maximum atomic E-state index is 17.1. The fourth-order valence-corrected chi connectivity index (χ4v) is 8.06. The lowest BCUT2D eigenvalue weighted by Crippen LogP contribution is -2.51. The molecule has 0 radical (unpaired) electrons. The van der Waals surface area contributed by atoms with Crippen molar-refractivity contribution >= 4 is 45.3 Å². The summed E-state index contributed by atoms with van der Waals surface area (Å²) in [6.07, 6.45) is 3.30. The van der Waals surface area contributed by atoms with Crippen LogP contribution in [-0.2, 0) is 0 Å². The largest absolute Gasteiger partial charge is 0.480 e. The van der Waals surface area contributed by atoms with E-state index in [1.807, 2.05) is 6.07 Å². The van der Waals surface area contributed by atoms with Crippen LogP contribution in [0.25, 0.3) is 33.1 Å². The van der Waals surface area contributed by atoms with Crippen LogP contribution in [0.2, 0.25) is 5.02 Å². The summed E-state index contributed by atoms with van der Waals surface area (Å²) >= 11 is 6.43. The number of ether oxygens (including phenoxy) is 2. The Balaban J connectivity index is 1.31. The fraction of sp³-hybridized carbons (Fsp3) is 0.484. The molecule has 3 aromatic heterocycles. The van der Waals surface area contributed by atoms with Gasteiger partial charge in [0.05, 0.1) is 18.2 Å². The third kappa shape index (κ3) is 4.53. The molecule has 14 heteroatoms. The van der Waals surface area contributed by atoms with E-state index in [9.17, 15) is 9.65 Å². The number of benzene rings is 1. The normalized spacial score (nSPS) is 26.1. The van der Waals surface area contributed by atoms with Gasteiger partial charge in [-0.2, -0.15) is 15.2 Å². The first-order chi connectivity index (χ1) is 21.8. The molecule has 1 aromatic carbocycles. The van der Waals surface area contributed by atoms with Crippen molar-refractivity contribution in [1.82, 2.24) is 25.2 Å². The number of furan rings is 1. The van der Waals surface area contributed by atoms with Crippen LogP contribution in [0.1, 0.15) is 37.7 Å². The van der Waals surface area contributed by atoms with Gasteiger partial charge in [-0.25, -0.2) is 13.8 Å². The molecular weight excluding hydrogens is 606 g/mol. The Labute approximate surface area is 262 Å². The molecule has 7 heterocycles. The number of nitrogen functional groups attached to an aromatic ring is 1. The number of methoxy groups -OCH3 is 1. The van der Waals surface area contributed by atoms with Crippen LogP contribution in [-0.4, -0.2) is 83.5 Å². The molecule has 4 aromatic rings. The predicted molar refractivity (Wildman–Crippen MR) is 164 cm³/mol. The Morgan fingerprint density at radius 3 is 2.76 bits per heavy atom. The van der Waals surface area contributed by atoms with Crippen molar-refractivity contribution in [2.75, 3.05) is 50.5 Å². The summed E-state index contributed by atoms with van der Waals surface area (Å²) < 4.78 is 49.0. The van der Waals surface area contributed by atoms with Crippen molar-refractivity contribution in [3.63, 3.8) is 0 Å². The van der Waals surface area contributed by atoms with E-state index >= 15 is 4.39 Å². The number of aromatic nitrogens is 3. The van der Waals surface area contributed by atoms with Crippen molar-refractivity contribution in [3.8, 4) is 29.1 Å². The van der Waals surface area contributed by atoms with Crippen LogP contribution in [0, 0.1) is 17.1 Å². The highest BCUT2D eigenvalue weighted by Crippen LogP contribution is 2.45. The number of hydrogen-bond donors (Lipinski definition) is 2. The lowest BCUT2D eigenvalue weighted by atomic mass is 9.95. The van der Waals surface area contributed by atoms with Crippen LogP contribution < -0.4 is 25.4 Å². The van der Waals surface area contributed by atoms with Gasteiger partial charge in [-0.1, -0.05) is 11.6 Å². The number of halogens is 3. The van der Waals surface area contributed by atoms with E-state index < -0.39 is 17.5 Å². The Hall–Kier alpha value is -3.99. The lowest BCUT2D eigenvalue weighted by molar-refractivity contribution is 0.107. The molecule has 3 N–H and O–H groups in total. The Morgan fingerprint density at radius 2 is 2.00 bits per heavy atom. The first-order valence-corrected chi connectivity index (χ1v) is 15.5. The zero-order valence-electron chi connectivity index (χ0n) is 24.6. The SMILES string of the molecule is COc1nc2c(N3CC4CCC(C3)N4)nc(OC[C@@]34CCCN3C[C@H](F)C4)nc2c(F)c1-c1cc(Cl)cc2oc(N)c(C#N)c12. The van der Waals surface area contributed by atoms with E-state index in [0.717, 1.165) is 32.2 Å². The number of nitrogens with zero attached hydrogens (tertiary/aromatic N) is 6. The number of pyridine rings is 1. The van der Waals surface area contributed by atoms with Crippen molar-refractivity contribution in [2.45, 2.75) is 55.9 Å². The second kappa shape index (κ2) is 10.5. The van der Waals surface area contributed by atoms with Gasteiger partial charge in [-0.05, 0) is 38.3 Å². The van der Waals surface area contributed by atoms with Crippen molar-refractivity contribution in [3.05, 3.63) is 28.5 Å². The molecule has 0 aliphatic carbocycles. The second-order valence-corrected chi connectivity index (χ2v) is 13.0. The van der Waals surface area contributed by atoms with Gasteiger partial charge in [-0.3, -0.25) is 4.90 Å². The average Bonchev–Trinajstić information content (AvgIpc) is 3.74. The molecule has 11 nitrogen and oxygen atoms in total. The smallest absolute Gasteiger partial charge is 0.319 e. The summed E-state index contributed by atoms with van der Waals surface area (Å²) in [6.45, 7) is 2.71. The maximum absolute atomic E-state index is 17.1. The van der Waals surface area contributed by atoms with E-state index in [4.69, 9.17) is 41.2 Å². The highest BCUT2D eigenvalue weighted by molar-refractivity contribution is 6.32. The summed E-state index contributed by atoms with van der Waals surface area (Å²) in [5.41, 5.74) is 6.14. The molecular formula is C31H31ClF2N8O3. The third-order valence-electron chi connectivity index (χ3n) is 9.80. The number of alkyl halides is 1. The molecule has 2 unspecified atom stereocenters. The summed E-state index contributed by atoms with van der Waals surface area (Å²) in [5.74, 6) is -0.458. The number of hydrogen-bond acceptors (Lipinski definition) is 11. The molecule has 0 saturated carbocycles. The Kier molecular flexibility index (Phi) is 6.67. The van der Waals surface area contributed by atoms with Gasteiger partial charge < -0.3 is 29.8 Å². The molecule has 0 spiro atoms. The van der Waals surface area contributed by atoms with Gasteiger partial charge in [-0.15, -0.1) is 0 Å². The second-order valence-electron chi connectivity index (χ2n) is 12.5. The molecule has 4 atom stereocenters. The van der Waals surface area contributed by atoms with E-state index in [1.165, 1.54) is 19.2 Å². The third-order valence-corrected chi connectivity index (χ3v) is 10.0. The fourth-order valence-electron chi connectivity index (χ4n) is 7.85. The van der Waals surface area contributed by atoms with Crippen molar-refractivity contribution in [2.24, 2.45) is 0 Å². The zero-order valence-corrected chi connectivity index (χ0v) is 25.3. The van der Waals surface area contributed by atoms with Crippen LogP contribution >= 0.6 is 11.6 Å². The van der Waals surface area contributed by atoms with Crippen LogP contribution in [0.4, 0.5) is 20.5 Å². The highest BCUT2D eigenvalue weighted by Gasteiger charge is 2.49. The molecule has 0 amide bonds. The number of nitriles is 1. The first-order valence-electron chi connectivity index (χ1n) is 15.2. The minimum absolute atomic E-state index is 0.00904. The number of rotatable bonds is 6. The Morgan fingerprint density at radius 1 is 1.20 bits per heavy atom. The maximum Gasteiger partial charge on any atom is 0.319 e. The van der Waals surface area contributed by atoms with E-state index in [1.54, 1.807) is 0 Å². The van der Waals surface area contributed by atoms with Gasteiger partial charge in [0, 0.05) is 60.2 Å². The summed E-state index contributed by atoms with van der Waals surface area (Å²) in [7, 11) is 1.39. The number of nitrogens with one attached hydrogen (secondary N) is 1. The standard InChI is InChI=1S/C31H31ClF2N8O3/c1-43-29-23(19-7-15(32)8-21-22(19)20(10-35)27(36)45-21)24(34)25-26(38-29)28(41-12-17-3-4-18(13-41)37-17)40-30(39-25)44-14-31-5-2-6-42(31)11-16(33)9-31/h7-8,16-18,37H,2-6,9,11-14,36H2,1H3/t16-,17?,18?,31+/m1/s1. The average molecular weight is 637 g/mol. The predicted octanol–water partition coefficient (Wildman–Crippen LogP) is 4.59. The van der Waals surface area contributed by atoms with E-state index in [0.29, 0.717) is 31.9 Å². The number of fused-ring (bicyclic) bond motifs is 5. The molecule has 8 rings (SSSR count). The van der Waals surface area contributed by atoms with E-state index in [2.05, 4.69) is 20.1 Å². The van der Waals surface area contributed by atoms with Crippen LogP contribution in [0.5, 0.6) is 11.9 Å². The molecule has 4 aliphatic heterocycles. The van der Waals surface area contributed by atoms with Gasteiger partial charge in [0.1, 0.15) is 41.0 Å². The summed E-state index contributed by atoms with van der Waals surface area (Å²) in [5, 5.41) is 14.0. The molecule has 4 aliphatic rings. The number of nitrogens with two attached hydrogens (primary N) is 1. The Bertz CT molecular complexity index is 1890.